The summed E-state index contributed by atoms with van der Waals surface area (Å²) in [5, 5.41) is 3.79. The van der Waals surface area contributed by atoms with Crippen molar-refractivity contribution in [1.29, 1.82) is 0 Å². The van der Waals surface area contributed by atoms with Crippen molar-refractivity contribution < 1.29 is 4.39 Å². The van der Waals surface area contributed by atoms with Gasteiger partial charge < -0.3 is 5.32 Å². The van der Waals surface area contributed by atoms with Crippen LogP contribution in [0.15, 0.2) is 36.7 Å². The van der Waals surface area contributed by atoms with Crippen LogP contribution >= 0.6 is 45.8 Å². The summed E-state index contributed by atoms with van der Waals surface area (Å²) in [5.74, 6) is -0.0997. The molecule has 0 radical (unpaired) electrons. The molecule has 7 heteroatoms. The standard InChI is InChI=1S/C14H7Cl2FIN3/c15-9-2-4-11(13(17)12(9)16)21-14-8-5-7(18)1-3-10(8)19-6-20-14/h1-6H,(H,19,20,21). The second-order valence-electron chi connectivity index (χ2n) is 4.23. The molecule has 3 nitrogen and oxygen atoms in total. The molecule has 106 valence electrons. The third-order valence-corrected chi connectivity index (χ3v) is 4.34. The summed E-state index contributed by atoms with van der Waals surface area (Å²) in [6.45, 7) is 0. The van der Waals surface area contributed by atoms with Gasteiger partial charge in [-0.2, -0.15) is 0 Å². The Morgan fingerprint density at radius 1 is 1.10 bits per heavy atom. The van der Waals surface area contributed by atoms with Gasteiger partial charge in [-0.15, -0.1) is 0 Å². The lowest BCUT2D eigenvalue weighted by atomic mass is 10.2. The Kier molecular flexibility index (Phi) is 4.14. The predicted molar refractivity (Wildman–Crippen MR) is 92.0 cm³/mol. The van der Waals surface area contributed by atoms with Crippen molar-refractivity contribution in [2.45, 2.75) is 0 Å². The van der Waals surface area contributed by atoms with Crippen molar-refractivity contribution in [3.05, 3.63) is 56.1 Å². The van der Waals surface area contributed by atoms with Gasteiger partial charge in [0.25, 0.3) is 0 Å². The number of anilines is 2. The predicted octanol–water partition coefficient (Wildman–Crippen LogP) is 5.42. The summed E-state index contributed by atoms with van der Waals surface area (Å²) >= 11 is 13.8. The van der Waals surface area contributed by atoms with Gasteiger partial charge >= 0.3 is 0 Å². The van der Waals surface area contributed by atoms with Crippen LogP contribution in [0.3, 0.4) is 0 Å². The monoisotopic (exact) mass is 433 g/mol. The second kappa shape index (κ2) is 5.90. The molecule has 0 saturated carbocycles. The first kappa shape index (κ1) is 14.7. The van der Waals surface area contributed by atoms with Gasteiger partial charge in [0.15, 0.2) is 5.82 Å². The van der Waals surface area contributed by atoms with Crippen LogP contribution in [0.4, 0.5) is 15.9 Å². The highest BCUT2D eigenvalue weighted by molar-refractivity contribution is 14.1. The average Bonchev–Trinajstić information content (AvgIpc) is 2.48. The highest BCUT2D eigenvalue weighted by Gasteiger charge is 2.12. The second-order valence-corrected chi connectivity index (χ2v) is 6.26. The summed E-state index contributed by atoms with van der Waals surface area (Å²) in [5.41, 5.74) is 0.983. The summed E-state index contributed by atoms with van der Waals surface area (Å²) in [4.78, 5) is 8.35. The zero-order valence-corrected chi connectivity index (χ0v) is 14.0. The SMILES string of the molecule is Fc1c(Nc2ncnc3ccc(I)cc23)ccc(Cl)c1Cl. The van der Waals surface area contributed by atoms with E-state index in [0.717, 1.165) is 14.5 Å². The van der Waals surface area contributed by atoms with Crippen molar-refractivity contribution in [2.24, 2.45) is 0 Å². The summed E-state index contributed by atoms with van der Waals surface area (Å²) in [7, 11) is 0. The van der Waals surface area contributed by atoms with Crippen molar-refractivity contribution in [1.82, 2.24) is 9.97 Å². The van der Waals surface area contributed by atoms with Crippen LogP contribution in [0, 0.1) is 9.39 Å². The Labute approximate surface area is 143 Å². The van der Waals surface area contributed by atoms with E-state index in [4.69, 9.17) is 23.2 Å². The minimum atomic E-state index is -0.610. The van der Waals surface area contributed by atoms with Gasteiger partial charge in [0.2, 0.25) is 0 Å². The van der Waals surface area contributed by atoms with E-state index in [1.807, 2.05) is 18.2 Å². The van der Waals surface area contributed by atoms with E-state index in [9.17, 15) is 4.39 Å². The quantitative estimate of drug-likeness (QED) is 0.433. The van der Waals surface area contributed by atoms with Gasteiger partial charge in [-0.25, -0.2) is 14.4 Å². The Morgan fingerprint density at radius 3 is 2.71 bits per heavy atom. The number of hydrogen-bond acceptors (Lipinski definition) is 3. The molecule has 0 amide bonds. The maximum absolute atomic E-state index is 14.1. The van der Waals surface area contributed by atoms with Crippen molar-refractivity contribution in [3.63, 3.8) is 0 Å². The van der Waals surface area contributed by atoms with Gasteiger partial charge in [-0.05, 0) is 52.9 Å². The van der Waals surface area contributed by atoms with E-state index in [1.165, 1.54) is 18.5 Å². The molecule has 1 heterocycles. The van der Waals surface area contributed by atoms with E-state index in [2.05, 4.69) is 37.9 Å². The minimum Gasteiger partial charge on any atom is -0.337 e. The van der Waals surface area contributed by atoms with E-state index in [-0.39, 0.29) is 15.7 Å². The highest BCUT2D eigenvalue weighted by Crippen LogP contribution is 2.32. The van der Waals surface area contributed by atoms with Crippen LogP contribution in [-0.4, -0.2) is 9.97 Å². The minimum absolute atomic E-state index is 0.116. The molecule has 0 aliphatic rings. The Balaban J connectivity index is 2.10. The average molecular weight is 434 g/mol. The maximum Gasteiger partial charge on any atom is 0.166 e. The van der Waals surface area contributed by atoms with Gasteiger partial charge in [0, 0.05) is 8.96 Å². The Morgan fingerprint density at radius 2 is 1.90 bits per heavy atom. The summed E-state index contributed by atoms with van der Waals surface area (Å²) < 4.78 is 15.1. The van der Waals surface area contributed by atoms with Gasteiger partial charge in [-0.1, -0.05) is 23.2 Å². The maximum atomic E-state index is 14.1. The zero-order chi connectivity index (χ0) is 15.0. The normalized spacial score (nSPS) is 10.9. The fourth-order valence-corrected chi connectivity index (χ4v) is 2.68. The lowest BCUT2D eigenvalue weighted by molar-refractivity contribution is 0.632. The fraction of sp³-hybridized carbons (Fsp3) is 0. The molecule has 0 saturated heterocycles. The largest absolute Gasteiger partial charge is 0.337 e. The van der Waals surface area contributed by atoms with Crippen LogP contribution in [0.5, 0.6) is 0 Å². The van der Waals surface area contributed by atoms with Crippen LogP contribution in [0.25, 0.3) is 10.9 Å². The first-order chi connectivity index (χ1) is 10.1. The molecule has 0 spiro atoms. The van der Waals surface area contributed by atoms with Crippen LogP contribution in [0.2, 0.25) is 10.0 Å². The zero-order valence-electron chi connectivity index (χ0n) is 10.4. The molecule has 0 unspecified atom stereocenters. The number of benzene rings is 2. The first-order valence-electron chi connectivity index (χ1n) is 5.87. The van der Waals surface area contributed by atoms with Crippen molar-refractivity contribution in [3.8, 4) is 0 Å². The molecule has 0 fully saturated rings. The molecule has 21 heavy (non-hydrogen) atoms. The smallest absolute Gasteiger partial charge is 0.166 e. The third kappa shape index (κ3) is 2.90. The molecule has 1 N–H and O–H groups in total. The molecule has 3 rings (SSSR count). The molecule has 0 atom stereocenters. The lowest BCUT2D eigenvalue weighted by Crippen LogP contribution is -1.99. The van der Waals surface area contributed by atoms with E-state index in [1.54, 1.807) is 0 Å². The topological polar surface area (TPSA) is 37.8 Å². The van der Waals surface area contributed by atoms with Gasteiger partial charge in [0.05, 0.1) is 21.2 Å². The molecule has 1 aromatic heterocycles. The van der Waals surface area contributed by atoms with E-state index >= 15 is 0 Å². The first-order valence-corrected chi connectivity index (χ1v) is 7.70. The molecular weight excluding hydrogens is 427 g/mol. The fourth-order valence-electron chi connectivity index (χ4n) is 1.88. The molecular formula is C14H7Cl2FIN3. The van der Waals surface area contributed by atoms with E-state index < -0.39 is 5.82 Å². The summed E-state index contributed by atoms with van der Waals surface area (Å²) in [6.07, 6.45) is 1.42. The Bertz CT molecular complexity index is 842. The van der Waals surface area contributed by atoms with Crippen LogP contribution < -0.4 is 5.32 Å². The number of halogens is 4. The van der Waals surface area contributed by atoms with E-state index in [0.29, 0.717) is 5.82 Å². The van der Waals surface area contributed by atoms with Gasteiger partial charge in [0.1, 0.15) is 12.1 Å². The molecule has 0 aliphatic carbocycles. The number of nitrogens with zero attached hydrogens (tertiary/aromatic N) is 2. The van der Waals surface area contributed by atoms with Crippen molar-refractivity contribution in [2.75, 3.05) is 5.32 Å². The van der Waals surface area contributed by atoms with Gasteiger partial charge in [-0.3, -0.25) is 0 Å². The lowest BCUT2D eigenvalue weighted by Gasteiger charge is -2.10. The number of nitrogens with one attached hydrogen (secondary N) is 1. The molecule has 0 bridgehead atoms. The summed E-state index contributed by atoms with van der Waals surface area (Å²) in [6, 6.07) is 8.80. The van der Waals surface area contributed by atoms with Crippen molar-refractivity contribution >= 4 is 68.2 Å². The molecule has 3 aromatic rings. The Hall–Kier alpha value is -1.18. The van der Waals surface area contributed by atoms with Crippen LogP contribution in [-0.2, 0) is 0 Å². The number of aromatic nitrogens is 2. The highest BCUT2D eigenvalue weighted by atomic mass is 127. The number of rotatable bonds is 2. The van der Waals surface area contributed by atoms with Crippen LogP contribution in [0.1, 0.15) is 0 Å². The number of fused-ring (bicyclic) bond motifs is 1. The molecule has 2 aromatic carbocycles. The molecule has 0 aliphatic heterocycles. The third-order valence-electron chi connectivity index (χ3n) is 2.89. The number of hydrogen-bond donors (Lipinski definition) is 1.